The molecule has 12 nitrogen and oxygen atoms in total. The number of hydrogen-bond donors (Lipinski definition) is 3. The largest absolute Gasteiger partial charge is 0.465 e. The molecule has 2 aromatic heterocycles. The molecule has 40 heavy (non-hydrogen) atoms. The zero-order valence-electron chi connectivity index (χ0n) is 21.4. The summed E-state index contributed by atoms with van der Waals surface area (Å²) in [6.45, 7) is 0.261. The number of rotatable bonds is 7. The Morgan fingerprint density at radius 3 is 2.48 bits per heavy atom. The van der Waals surface area contributed by atoms with Crippen molar-refractivity contribution in [2.45, 2.75) is 55.6 Å². The number of likely N-dealkylation sites (tertiary alicyclic amines) is 1. The van der Waals surface area contributed by atoms with Gasteiger partial charge in [-0.05, 0) is 25.0 Å². The summed E-state index contributed by atoms with van der Waals surface area (Å²) in [6.07, 6.45) is -2.12. The minimum absolute atomic E-state index is 0.0109. The number of aromatic nitrogens is 4. The van der Waals surface area contributed by atoms with Gasteiger partial charge in [-0.25, -0.2) is 22.6 Å². The second-order valence-corrected chi connectivity index (χ2v) is 9.88. The highest BCUT2D eigenvalue weighted by molar-refractivity contribution is 5.65. The van der Waals surface area contributed by atoms with Crippen LogP contribution in [0.25, 0.3) is 11.3 Å². The van der Waals surface area contributed by atoms with E-state index in [-0.39, 0.29) is 23.6 Å². The molecule has 3 aromatic rings. The van der Waals surface area contributed by atoms with Crippen molar-refractivity contribution in [2.75, 3.05) is 26.8 Å². The Labute approximate surface area is 225 Å². The van der Waals surface area contributed by atoms with Crippen LogP contribution in [-0.2, 0) is 15.9 Å². The summed E-state index contributed by atoms with van der Waals surface area (Å²) < 4.78 is 59.4. The maximum absolute atomic E-state index is 13.8. The number of methoxy groups -OCH3 is 1. The fourth-order valence-electron chi connectivity index (χ4n) is 5.37. The van der Waals surface area contributed by atoms with Crippen molar-refractivity contribution >= 4 is 6.09 Å². The summed E-state index contributed by atoms with van der Waals surface area (Å²) >= 11 is 0. The molecule has 0 radical (unpaired) electrons. The van der Waals surface area contributed by atoms with Crippen LogP contribution in [0.1, 0.15) is 36.3 Å². The minimum Gasteiger partial charge on any atom is -0.465 e. The number of benzene rings is 1. The molecule has 2 aliphatic heterocycles. The molecule has 0 aliphatic carbocycles. The van der Waals surface area contributed by atoms with E-state index in [2.05, 4.69) is 15.5 Å². The molecule has 0 spiro atoms. The molecule has 5 atom stereocenters. The Kier molecular flexibility index (Phi) is 8.07. The van der Waals surface area contributed by atoms with Crippen molar-refractivity contribution in [3.05, 3.63) is 53.3 Å². The monoisotopic (exact) mass is 567 g/mol. The van der Waals surface area contributed by atoms with Gasteiger partial charge in [-0.1, -0.05) is 10.4 Å². The van der Waals surface area contributed by atoms with Gasteiger partial charge in [-0.3, -0.25) is 0 Å². The van der Waals surface area contributed by atoms with Crippen LogP contribution < -0.4 is 0 Å². The van der Waals surface area contributed by atoms with Crippen molar-refractivity contribution < 1.29 is 47.3 Å². The summed E-state index contributed by atoms with van der Waals surface area (Å²) in [5.74, 6) is -3.74. The maximum atomic E-state index is 13.8. The molecule has 1 aromatic carbocycles. The minimum atomic E-state index is -1.61. The maximum Gasteiger partial charge on any atom is 0.407 e. The van der Waals surface area contributed by atoms with E-state index in [4.69, 9.17) is 19.1 Å². The predicted octanol–water partition coefficient (Wildman–Crippen LogP) is 2.13. The van der Waals surface area contributed by atoms with E-state index in [1.165, 1.54) is 22.9 Å². The lowest BCUT2D eigenvalue weighted by atomic mass is 9.90. The van der Waals surface area contributed by atoms with E-state index in [9.17, 15) is 28.2 Å². The van der Waals surface area contributed by atoms with Crippen molar-refractivity contribution in [3.63, 3.8) is 0 Å². The van der Waals surface area contributed by atoms with Crippen LogP contribution in [0.15, 0.2) is 28.9 Å². The predicted molar refractivity (Wildman–Crippen MR) is 129 cm³/mol. The van der Waals surface area contributed by atoms with E-state index < -0.39 is 60.6 Å². The summed E-state index contributed by atoms with van der Waals surface area (Å²) in [6, 6.07) is 2.42. The van der Waals surface area contributed by atoms with Crippen LogP contribution in [-0.4, -0.2) is 97.7 Å². The molecule has 5 rings (SSSR count). The van der Waals surface area contributed by atoms with E-state index in [0.717, 1.165) is 12.1 Å². The second-order valence-electron chi connectivity index (χ2n) is 9.88. The lowest BCUT2D eigenvalue weighted by Crippen LogP contribution is -2.57. The lowest BCUT2D eigenvalue weighted by molar-refractivity contribution is -0.212. The first-order chi connectivity index (χ1) is 19.2. The van der Waals surface area contributed by atoms with Crippen LogP contribution in [0, 0.1) is 17.5 Å². The van der Waals surface area contributed by atoms with Gasteiger partial charge in [0, 0.05) is 44.2 Å². The van der Waals surface area contributed by atoms with Gasteiger partial charge in [0.25, 0.3) is 0 Å². The first kappa shape index (κ1) is 28.0. The van der Waals surface area contributed by atoms with Crippen LogP contribution in [0.2, 0.25) is 0 Å². The Balaban J connectivity index is 1.35. The number of carbonyl (C=O) groups is 1. The SMILES string of the molecule is CO[C@@H]1[C@@H](n2cc(-c3cc(F)c(F)c(F)c3)nn2)[C@@H](O)[C@@H](CO)O[C@@H]1Cc1cc(C2CCN(C(=O)O)CC2)on1. The number of hydrogen-bond acceptors (Lipinski definition) is 9. The zero-order chi connectivity index (χ0) is 28.6. The number of piperidine rings is 1. The molecule has 15 heteroatoms. The molecule has 2 saturated heterocycles. The first-order valence-corrected chi connectivity index (χ1v) is 12.7. The Morgan fingerprint density at radius 2 is 1.85 bits per heavy atom. The molecule has 2 aliphatic rings. The van der Waals surface area contributed by atoms with Gasteiger partial charge >= 0.3 is 6.09 Å². The van der Waals surface area contributed by atoms with E-state index >= 15 is 0 Å². The van der Waals surface area contributed by atoms with Gasteiger partial charge in [0.05, 0.1) is 24.6 Å². The van der Waals surface area contributed by atoms with Gasteiger partial charge in [-0.2, -0.15) is 0 Å². The molecule has 0 bridgehead atoms. The molecule has 4 heterocycles. The number of halogens is 3. The third kappa shape index (κ3) is 5.41. The molecule has 3 N–H and O–H groups in total. The third-order valence-electron chi connectivity index (χ3n) is 7.49. The van der Waals surface area contributed by atoms with E-state index in [1.54, 1.807) is 6.07 Å². The highest BCUT2D eigenvalue weighted by atomic mass is 19.2. The zero-order valence-corrected chi connectivity index (χ0v) is 21.4. The average molecular weight is 568 g/mol. The topological polar surface area (TPSA) is 156 Å². The van der Waals surface area contributed by atoms with Crippen LogP contribution in [0.4, 0.5) is 18.0 Å². The smallest absolute Gasteiger partial charge is 0.407 e. The fraction of sp³-hybridized carbons (Fsp3) is 0.520. The highest BCUT2D eigenvalue weighted by Gasteiger charge is 2.47. The van der Waals surface area contributed by atoms with Crippen molar-refractivity contribution in [3.8, 4) is 11.3 Å². The average Bonchev–Trinajstić information content (AvgIpc) is 3.62. The van der Waals surface area contributed by atoms with Crippen LogP contribution in [0.5, 0.6) is 0 Å². The Bertz CT molecular complexity index is 1320. The van der Waals surface area contributed by atoms with E-state index in [1.807, 2.05) is 0 Å². The quantitative estimate of drug-likeness (QED) is 0.362. The van der Waals surface area contributed by atoms with Crippen molar-refractivity contribution in [2.24, 2.45) is 0 Å². The number of aliphatic hydroxyl groups excluding tert-OH is 2. The molecule has 1 amide bonds. The molecular formula is C25H28F3N5O7. The number of ether oxygens (including phenoxy) is 2. The Hall–Kier alpha value is -3.53. The highest BCUT2D eigenvalue weighted by Crippen LogP contribution is 2.35. The molecule has 0 unspecified atom stereocenters. The van der Waals surface area contributed by atoms with Gasteiger partial charge in [0.2, 0.25) is 0 Å². The first-order valence-electron chi connectivity index (χ1n) is 12.7. The van der Waals surface area contributed by atoms with Crippen molar-refractivity contribution in [1.29, 1.82) is 0 Å². The number of aliphatic hydroxyl groups is 2. The summed E-state index contributed by atoms with van der Waals surface area (Å²) in [7, 11) is 1.41. The lowest BCUT2D eigenvalue weighted by Gasteiger charge is -2.43. The normalized spacial score (nSPS) is 25.9. The van der Waals surface area contributed by atoms with Crippen molar-refractivity contribution in [1.82, 2.24) is 25.1 Å². The molecular weight excluding hydrogens is 539 g/mol. The summed E-state index contributed by atoms with van der Waals surface area (Å²) in [4.78, 5) is 12.5. The summed E-state index contributed by atoms with van der Waals surface area (Å²) in [5.41, 5.74) is 0.502. The molecule has 2 fully saturated rings. The van der Waals surface area contributed by atoms with Gasteiger partial charge < -0.3 is 34.2 Å². The third-order valence-corrected chi connectivity index (χ3v) is 7.49. The van der Waals surface area contributed by atoms with E-state index in [0.29, 0.717) is 37.4 Å². The number of carboxylic acid groups (broad SMARTS) is 1. The van der Waals surface area contributed by atoms with Crippen LogP contribution >= 0.6 is 0 Å². The Morgan fingerprint density at radius 1 is 1.15 bits per heavy atom. The van der Waals surface area contributed by atoms with Gasteiger partial charge in [0.15, 0.2) is 17.5 Å². The fourth-order valence-corrected chi connectivity index (χ4v) is 5.37. The number of amides is 1. The van der Waals surface area contributed by atoms with Gasteiger partial charge in [-0.15, -0.1) is 5.10 Å². The second kappa shape index (κ2) is 11.5. The van der Waals surface area contributed by atoms with Gasteiger partial charge in [0.1, 0.15) is 35.8 Å². The molecule has 216 valence electrons. The standard InChI is InChI=1S/C25H28F3N5O7/c1-38-24-19(9-14-8-18(40-30-14)12-2-4-32(5-3-12)25(36)37)39-20(11-34)23(35)22(24)33-10-17(29-31-33)13-6-15(26)21(28)16(27)7-13/h6-8,10,12,19-20,22-24,34-35H,2-5,9,11H2,1H3,(H,36,37)/t19-,20-,22+,23+,24+/m1/s1. The summed E-state index contributed by atoms with van der Waals surface area (Å²) in [5, 5.41) is 42.1. The van der Waals surface area contributed by atoms with Crippen LogP contribution in [0.3, 0.4) is 0 Å². The number of nitrogens with zero attached hydrogens (tertiary/aromatic N) is 5. The molecule has 0 saturated carbocycles.